The summed E-state index contributed by atoms with van der Waals surface area (Å²) in [4.78, 5) is 0. The summed E-state index contributed by atoms with van der Waals surface area (Å²) in [6, 6.07) is 6.44. The maximum absolute atomic E-state index is 6.95. The predicted molar refractivity (Wildman–Crippen MR) is 155 cm³/mol. The van der Waals surface area contributed by atoms with Gasteiger partial charge >= 0.3 is 0 Å². The Kier molecular flexibility index (Phi) is 20.9. The van der Waals surface area contributed by atoms with E-state index in [0.717, 1.165) is 11.5 Å². The van der Waals surface area contributed by atoms with Crippen LogP contribution in [0.5, 0.6) is 0 Å². The molecule has 1 aromatic carbocycles. The molecule has 0 saturated carbocycles. The second kappa shape index (κ2) is 19.4. The molecule has 0 spiro atoms. The Morgan fingerprint density at radius 2 is 1.39 bits per heavy atom. The maximum atomic E-state index is 6.95. The van der Waals surface area contributed by atoms with Gasteiger partial charge in [-0.25, -0.2) is 0 Å². The van der Waals surface area contributed by atoms with Crippen molar-refractivity contribution in [2.75, 3.05) is 0 Å². The van der Waals surface area contributed by atoms with Gasteiger partial charge in [0.25, 0.3) is 0 Å². The topological polar surface area (TPSA) is 49.9 Å². The second-order valence-electron chi connectivity index (χ2n) is 9.72. The third kappa shape index (κ3) is 19.1. The molecule has 1 rings (SSSR count). The van der Waals surface area contributed by atoms with Gasteiger partial charge in [-0.3, -0.25) is 0 Å². The van der Waals surface area contributed by atoms with Crippen LogP contribution in [0.1, 0.15) is 112 Å². The third-order valence-corrected chi connectivity index (χ3v) is 5.93. The van der Waals surface area contributed by atoms with Crippen LogP contribution in [0.25, 0.3) is 5.57 Å². The SMILES string of the molecule is C=C(C)N.C=C(C)c1ccc(C)cc1C.CC(=N)C=C(C)C.CCC(CC)C(C)(CC)CC. The summed E-state index contributed by atoms with van der Waals surface area (Å²) in [6.07, 6.45) is 7.18. The molecule has 0 heterocycles. The zero-order chi connectivity index (χ0) is 26.8. The molecule has 2 nitrogen and oxygen atoms in total. The van der Waals surface area contributed by atoms with Gasteiger partial charge in [-0.1, -0.05) is 108 Å². The van der Waals surface area contributed by atoms with E-state index < -0.39 is 0 Å². The van der Waals surface area contributed by atoms with Crippen molar-refractivity contribution in [3.63, 3.8) is 0 Å². The van der Waals surface area contributed by atoms with Gasteiger partial charge in [0, 0.05) is 5.71 Å². The van der Waals surface area contributed by atoms with Gasteiger partial charge in [0.1, 0.15) is 0 Å². The fraction of sp³-hybridized carbons (Fsp3) is 0.581. The Labute approximate surface area is 208 Å². The summed E-state index contributed by atoms with van der Waals surface area (Å²) < 4.78 is 0. The zero-order valence-corrected chi connectivity index (χ0v) is 24.2. The number of benzene rings is 1. The molecule has 0 atom stereocenters. The first-order valence-electron chi connectivity index (χ1n) is 12.5. The first-order valence-corrected chi connectivity index (χ1v) is 12.5. The van der Waals surface area contributed by atoms with Crippen LogP contribution < -0.4 is 5.73 Å². The van der Waals surface area contributed by atoms with Gasteiger partial charge in [0.05, 0.1) is 0 Å². The molecule has 1 aromatic rings. The second-order valence-corrected chi connectivity index (χ2v) is 9.72. The molecule has 0 fully saturated rings. The van der Waals surface area contributed by atoms with Crippen LogP contribution >= 0.6 is 0 Å². The van der Waals surface area contributed by atoms with Crippen LogP contribution in [-0.2, 0) is 0 Å². The van der Waals surface area contributed by atoms with Crippen LogP contribution in [0.2, 0.25) is 0 Å². The molecular formula is C31H56N2. The number of nitrogens with one attached hydrogen (secondary N) is 1. The number of hydrogen-bond donors (Lipinski definition) is 2. The van der Waals surface area contributed by atoms with Crippen molar-refractivity contribution in [2.45, 2.75) is 109 Å². The highest BCUT2D eigenvalue weighted by Crippen LogP contribution is 2.38. The summed E-state index contributed by atoms with van der Waals surface area (Å²) in [5, 5.41) is 6.95. The fourth-order valence-corrected chi connectivity index (χ4v) is 3.83. The molecule has 0 aromatic heterocycles. The largest absolute Gasteiger partial charge is 0.403 e. The smallest absolute Gasteiger partial charge is 0.0282 e. The van der Waals surface area contributed by atoms with E-state index in [1.807, 2.05) is 26.8 Å². The lowest BCUT2D eigenvalue weighted by Gasteiger charge is -2.35. The van der Waals surface area contributed by atoms with Crippen molar-refractivity contribution in [1.29, 1.82) is 5.41 Å². The van der Waals surface area contributed by atoms with Gasteiger partial charge in [0.2, 0.25) is 0 Å². The minimum atomic E-state index is 0.601. The lowest BCUT2D eigenvalue weighted by atomic mass is 9.71. The molecule has 3 N–H and O–H groups in total. The van der Waals surface area contributed by atoms with Crippen molar-refractivity contribution in [3.05, 3.63) is 65.4 Å². The van der Waals surface area contributed by atoms with Crippen LogP contribution in [0.4, 0.5) is 0 Å². The minimum Gasteiger partial charge on any atom is -0.403 e. The fourth-order valence-electron chi connectivity index (χ4n) is 3.83. The Morgan fingerprint density at radius 3 is 1.58 bits per heavy atom. The molecule has 33 heavy (non-hydrogen) atoms. The van der Waals surface area contributed by atoms with E-state index in [1.54, 1.807) is 13.8 Å². The third-order valence-electron chi connectivity index (χ3n) is 5.93. The van der Waals surface area contributed by atoms with E-state index in [-0.39, 0.29) is 0 Å². The van der Waals surface area contributed by atoms with Gasteiger partial charge in [-0.2, -0.15) is 0 Å². The summed E-state index contributed by atoms with van der Waals surface area (Å²) in [5.41, 5.74) is 13.0. The monoisotopic (exact) mass is 456 g/mol. The highest BCUT2D eigenvalue weighted by Gasteiger charge is 2.27. The van der Waals surface area contributed by atoms with E-state index in [4.69, 9.17) is 11.1 Å². The number of aryl methyl sites for hydroxylation is 2. The molecule has 190 valence electrons. The van der Waals surface area contributed by atoms with E-state index >= 15 is 0 Å². The Morgan fingerprint density at radius 1 is 0.970 bits per heavy atom. The summed E-state index contributed by atoms with van der Waals surface area (Å²) in [6.45, 7) is 32.7. The predicted octanol–water partition coefficient (Wildman–Crippen LogP) is 10.1. The molecular weight excluding hydrogens is 400 g/mol. The normalized spacial score (nSPS) is 9.85. The van der Waals surface area contributed by atoms with Crippen molar-refractivity contribution < 1.29 is 0 Å². The first-order chi connectivity index (χ1) is 15.1. The zero-order valence-electron chi connectivity index (χ0n) is 24.2. The van der Waals surface area contributed by atoms with Gasteiger partial charge in [0.15, 0.2) is 0 Å². The van der Waals surface area contributed by atoms with Crippen LogP contribution in [0.3, 0.4) is 0 Å². The molecule has 0 saturated heterocycles. The number of nitrogens with two attached hydrogens (primary N) is 1. The van der Waals surface area contributed by atoms with Gasteiger partial charge in [-0.15, -0.1) is 0 Å². The van der Waals surface area contributed by atoms with E-state index in [2.05, 4.69) is 79.8 Å². The highest BCUT2D eigenvalue weighted by molar-refractivity contribution is 5.90. The molecule has 0 amide bonds. The first kappa shape index (κ1) is 35.5. The van der Waals surface area contributed by atoms with Crippen molar-refractivity contribution in [3.8, 4) is 0 Å². The van der Waals surface area contributed by atoms with Crippen LogP contribution in [0.15, 0.2) is 48.7 Å². The van der Waals surface area contributed by atoms with E-state index in [9.17, 15) is 0 Å². The quantitative estimate of drug-likeness (QED) is 0.394. The lowest BCUT2D eigenvalue weighted by molar-refractivity contribution is 0.158. The lowest BCUT2D eigenvalue weighted by Crippen LogP contribution is -2.24. The maximum Gasteiger partial charge on any atom is 0.0282 e. The van der Waals surface area contributed by atoms with Gasteiger partial charge < -0.3 is 11.1 Å². The van der Waals surface area contributed by atoms with Gasteiger partial charge in [-0.05, 0) is 82.7 Å². The van der Waals surface area contributed by atoms with E-state index in [1.165, 1.54) is 47.9 Å². The summed E-state index contributed by atoms with van der Waals surface area (Å²) in [7, 11) is 0. The Balaban J connectivity index is -0.000000387. The molecule has 2 heteroatoms. The molecule has 0 unspecified atom stereocenters. The molecule has 0 aliphatic heterocycles. The summed E-state index contributed by atoms with van der Waals surface area (Å²) >= 11 is 0. The van der Waals surface area contributed by atoms with Crippen molar-refractivity contribution in [2.24, 2.45) is 17.1 Å². The Hall–Kier alpha value is -2.09. The number of hydrogen-bond acceptors (Lipinski definition) is 2. The van der Waals surface area contributed by atoms with Crippen LogP contribution in [-0.4, -0.2) is 5.71 Å². The standard InChI is InChI=1S/C11H14.C11H24.C6H11N.C3H7N/c1-8(2)11-6-5-9(3)7-10(11)4;1-6-10(7-2)11(5,8-3)9-4;1-5(2)4-6(3)7;1-3(2)4/h5-7H,1H2,2-4H3;10H,6-9H2,1-5H3;4,7H,1-3H3;1,4H2,2H3. The average molecular weight is 457 g/mol. The number of allylic oxidation sites excluding steroid dienone is 4. The Bertz CT molecular complexity index is 721. The highest BCUT2D eigenvalue weighted by atomic mass is 14.5. The van der Waals surface area contributed by atoms with Crippen molar-refractivity contribution >= 4 is 11.3 Å². The molecule has 0 aliphatic carbocycles. The van der Waals surface area contributed by atoms with Crippen LogP contribution in [0, 0.1) is 30.6 Å². The van der Waals surface area contributed by atoms with E-state index in [0.29, 0.717) is 16.8 Å². The molecule has 0 radical (unpaired) electrons. The average Bonchev–Trinajstić information content (AvgIpc) is 2.67. The minimum absolute atomic E-state index is 0.601. The number of rotatable bonds is 7. The summed E-state index contributed by atoms with van der Waals surface area (Å²) in [5.74, 6) is 0.928. The molecule has 0 aliphatic rings. The van der Waals surface area contributed by atoms with Crippen molar-refractivity contribution in [1.82, 2.24) is 0 Å². The molecule has 0 bridgehead atoms.